The average molecular weight is 256 g/mol. The van der Waals surface area contributed by atoms with Crippen molar-refractivity contribution in [3.63, 3.8) is 0 Å². The molecule has 0 radical (unpaired) electrons. The molecule has 1 N–H and O–H groups in total. The number of carbonyl (C=O) groups excluding carboxylic acids is 1. The van der Waals surface area contributed by atoms with Crippen LogP contribution in [-0.4, -0.2) is 17.5 Å². The van der Waals surface area contributed by atoms with Crippen molar-refractivity contribution in [1.29, 1.82) is 0 Å². The van der Waals surface area contributed by atoms with Gasteiger partial charge in [-0.1, -0.05) is 6.07 Å². The Morgan fingerprint density at radius 2 is 2.00 bits per heavy atom. The molecule has 2 aromatic rings. The van der Waals surface area contributed by atoms with Gasteiger partial charge in [0, 0.05) is 11.8 Å². The zero-order valence-corrected chi connectivity index (χ0v) is 11.0. The molecule has 0 amide bonds. The van der Waals surface area contributed by atoms with Crippen LogP contribution in [0.15, 0.2) is 42.6 Å². The van der Waals surface area contributed by atoms with Crippen LogP contribution in [0.5, 0.6) is 5.75 Å². The molecule has 0 bridgehead atoms. The van der Waals surface area contributed by atoms with Crippen LogP contribution in [0.3, 0.4) is 0 Å². The molecule has 1 atom stereocenters. The van der Waals surface area contributed by atoms with Crippen molar-refractivity contribution in [1.82, 2.24) is 4.98 Å². The van der Waals surface area contributed by atoms with E-state index in [4.69, 9.17) is 4.74 Å². The summed E-state index contributed by atoms with van der Waals surface area (Å²) < 4.78 is 5.71. The van der Waals surface area contributed by atoms with Gasteiger partial charge in [-0.25, -0.2) is 4.98 Å². The van der Waals surface area contributed by atoms with Gasteiger partial charge >= 0.3 is 0 Å². The summed E-state index contributed by atoms with van der Waals surface area (Å²) in [7, 11) is 0. The van der Waals surface area contributed by atoms with E-state index in [0.29, 0.717) is 11.3 Å². The molecule has 1 unspecified atom stereocenters. The first kappa shape index (κ1) is 13.1. The van der Waals surface area contributed by atoms with E-state index in [1.54, 1.807) is 30.5 Å². The highest BCUT2D eigenvalue weighted by molar-refractivity contribution is 5.74. The fourth-order valence-electron chi connectivity index (χ4n) is 1.69. The lowest BCUT2D eigenvalue weighted by Crippen LogP contribution is -2.23. The molecule has 0 aliphatic rings. The van der Waals surface area contributed by atoms with Crippen LogP contribution in [0.1, 0.15) is 22.8 Å². The van der Waals surface area contributed by atoms with Crippen LogP contribution < -0.4 is 10.1 Å². The van der Waals surface area contributed by atoms with Gasteiger partial charge in [-0.15, -0.1) is 0 Å². The Hall–Kier alpha value is -2.36. The van der Waals surface area contributed by atoms with Crippen molar-refractivity contribution >= 4 is 12.1 Å². The van der Waals surface area contributed by atoms with E-state index in [-0.39, 0.29) is 6.23 Å². The number of rotatable bonds is 5. The molecule has 0 aliphatic carbocycles. The topological polar surface area (TPSA) is 51.2 Å². The number of aldehydes is 1. The second-order valence-corrected chi connectivity index (χ2v) is 4.26. The van der Waals surface area contributed by atoms with Crippen LogP contribution in [0.25, 0.3) is 0 Å². The summed E-state index contributed by atoms with van der Waals surface area (Å²) in [5.74, 6) is 1.51. The Morgan fingerprint density at radius 3 is 2.63 bits per heavy atom. The van der Waals surface area contributed by atoms with Crippen molar-refractivity contribution in [2.45, 2.75) is 20.1 Å². The van der Waals surface area contributed by atoms with E-state index >= 15 is 0 Å². The third-order valence-electron chi connectivity index (χ3n) is 2.68. The summed E-state index contributed by atoms with van der Waals surface area (Å²) in [5, 5.41) is 3.18. The summed E-state index contributed by atoms with van der Waals surface area (Å²) in [6, 6.07) is 10.9. The third-order valence-corrected chi connectivity index (χ3v) is 2.68. The van der Waals surface area contributed by atoms with Crippen molar-refractivity contribution in [3.8, 4) is 5.75 Å². The van der Waals surface area contributed by atoms with Gasteiger partial charge in [-0.05, 0) is 49.7 Å². The number of benzene rings is 1. The van der Waals surface area contributed by atoms with Gasteiger partial charge in [-0.3, -0.25) is 4.79 Å². The third kappa shape index (κ3) is 3.55. The number of nitrogens with one attached hydrogen (secondary N) is 1. The highest BCUT2D eigenvalue weighted by Crippen LogP contribution is 2.15. The number of hydrogen-bond acceptors (Lipinski definition) is 4. The number of ether oxygens (including phenoxy) is 1. The number of nitrogens with zero attached hydrogens (tertiary/aromatic N) is 1. The monoisotopic (exact) mass is 256 g/mol. The van der Waals surface area contributed by atoms with Gasteiger partial charge in [0.2, 0.25) is 0 Å². The van der Waals surface area contributed by atoms with Gasteiger partial charge < -0.3 is 10.1 Å². The lowest BCUT2D eigenvalue weighted by atomic mass is 10.2. The van der Waals surface area contributed by atoms with Crippen LogP contribution in [0.2, 0.25) is 0 Å². The van der Waals surface area contributed by atoms with Crippen molar-refractivity contribution < 1.29 is 9.53 Å². The lowest BCUT2D eigenvalue weighted by Gasteiger charge is -2.17. The Morgan fingerprint density at radius 1 is 1.26 bits per heavy atom. The van der Waals surface area contributed by atoms with E-state index in [2.05, 4.69) is 10.3 Å². The molecule has 0 aliphatic heterocycles. The maximum absolute atomic E-state index is 10.6. The number of pyridine rings is 1. The molecule has 0 saturated heterocycles. The fraction of sp³-hybridized carbons (Fsp3) is 0.200. The van der Waals surface area contributed by atoms with E-state index in [9.17, 15) is 4.79 Å². The van der Waals surface area contributed by atoms with Gasteiger partial charge in [0.05, 0.1) is 0 Å². The minimum absolute atomic E-state index is 0.212. The van der Waals surface area contributed by atoms with Gasteiger partial charge in [0.15, 0.2) is 6.23 Å². The second kappa shape index (κ2) is 6.00. The Kier molecular flexibility index (Phi) is 4.13. The highest BCUT2D eigenvalue weighted by Gasteiger charge is 2.06. The Labute approximate surface area is 112 Å². The smallest absolute Gasteiger partial charge is 0.168 e. The molecule has 4 nitrogen and oxygen atoms in total. The maximum atomic E-state index is 10.6. The second-order valence-electron chi connectivity index (χ2n) is 4.26. The zero-order valence-electron chi connectivity index (χ0n) is 11.0. The summed E-state index contributed by atoms with van der Waals surface area (Å²) in [6.45, 7) is 3.89. The molecule has 0 saturated carbocycles. The normalized spacial score (nSPS) is 11.7. The Bertz CT molecular complexity index is 552. The minimum Gasteiger partial charge on any atom is -0.471 e. The first-order valence-electron chi connectivity index (χ1n) is 6.09. The minimum atomic E-state index is -0.212. The van der Waals surface area contributed by atoms with Crippen LogP contribution in [-0.2, 0) is 0 Å². The molecule has 1 aromatic carbocycles. The lowest BCUT2D eigenvalue weighted by molar-refractivity contribution is 0.112. The quantitative estimate of drug-likeness (QED) is 0.660. The molecular formula is C15H16N2O2. The van der Waals surface area contributed by atoms with E-state index in [1.807, 2.05) is 26.0 Å². The van der Waals surface area contributed by atoms with Crippen molar-refractivity contribution in [2.75, 3.05) is 5.32 Å². The predicted octanol–water partition coefficient (Wildman–Crippen LogP) is 3.04. The molecule has 4 heteroatoms. The summed E-state index contributed by atoms with van der Waals surface area (Å²) in [6.07, 6.45) is 2.33. The largest absolute Gasteiger partial charge is 0.471 e. The zero-order chi connectivity index (χ0) is 13.7. The molecule has 0 spiro atoms. The molecule has 98 valence electrons. The molecule has 0 fully saturated rings. The van der Waals surface area contributed by atoms with Crippen molar-refractivity contribution in [3.05, 3.63) is 53.7 Å². The standard InChI is InChI=1S/C15H16N2O2/c1-11-4-3-9-16-15(11)17-12(2)19-14-7-5-13(10-18)6-8-14/h3-10,12H,1-2H3,(H,16,17). The molecule has 1 aromatic heterocycles. The fourth-order valence-corrected chi connectivity index (χ4v) is 1.69. The number of aromatic nitrogens is 1. The van der Waals surface area contributed by atoms with Crippen LogP contribution in [0.4, 0.5) is 5.82 Å². The van der Waals surface area contributed by atoms with Gasteiger partial charge in [0.1, 0.15) is 17.9 Å². The summed E-state index contributed by atoms with van der Waals surface area (Å²) in [5.41, 5.74) is 1.70. The first-order valence-corrected chi connectivity index (χ1v) is 6.09. The number of aryl methyl sites for hydroxylation is 1. The SMILES string of the molecule is Cc1cccnc1NC(C)Oc1ccc(C=O)cc1. The Balaban J connectivity index is 1.99. The number of carbonyl (C=O) groups is 1. The maximum Gasteiger partial charge on any atom is 0.168 e. The average Bonchev–Trinajstić information content (AvgIpc) is 2.42. The van der Waals surface area contributed by atoms with Crippen LogP contribution >= 0.6 is 0 Å². The number of hydrogen-bond donors (Lipinski definition) is 1. The highest BCUT2D eigenvalue weighted by atomic mass is 16.5. The molecule has 1 heterocycles. The predicted molar refractivity (Wildman–Crippen MR) is 74.5 cm³/mol. The first-order chi connectivity index (χ1) is 9.19. The van der Waals surface area contributed by atoms with E-state index in [1.165, 1.54) is 0 Å². The van der Waals surface area contributed by atoms with Gasteiger partial charge in [-0.2, -0.15) is 0 Å². The van der Waals surface area contributed by atoms with Crippen molar-refractivity contribution in [2.24, 2.45) is 0 Å². The number of anilines is 1. The van der Waals surface area contributed by atoms with E-state index in [0.717, 1.165) is 17.7 Å². The van der Waals surface area contributed by atoms with Gasteiger partial charge in [0.25, 0.3) is 0 Å². The molecular weight excluding hydrogens is 240 g/mol. The summed E-state index contributed by atoms with van der Waals surface area (Å²) in [4.78, 5) is 14.8. The molecule has 2 rings (SSSR count). The van der Waals surface area contributed by atoms with Crippen LogP contribution in [0, 0.1) is 6.92 Å². The summed E-state index contributed by atoms with van der Waals surface area (Å²) >= 11 is 0. The molecule has 19 heavy (non-hydrogen) atoms. The van der Waals surface area contributed by atoms with E-state index < -0.39 is 0 Å².